The lowest BCUT2D eigenvalue weighted by atomic mass is 9.89. The maximum absolute atomic E-state index is 5.57. The lowest BCUT2D eigenvalue weighted by molar-refractivity contribution is 0.0103. The normalized spacial score (nSPS) is 17.0. The molecule has 21 heavy (non-hydrogen) atoms. The van der Waals surface area contributed by atoms with Crippen LogP contribution in [0.1, 0.15) is 50.7 Å². The second-order valence-corrected chi connectivity index (χ2v) is 7.24. The number of hydrogen-bond donors (Lipinski definition) is 1. The molecule has 1 fully saturated rings. The highest BCUT2D eigenvalue weighted by Gasteiger charge is 2.24. The van der Waals surface area contributed by atoms with Crippen molar-refractivity contribution in [3.05, 3.63) is 35.4 Å². The number of nitrogens with one attached hydrogen (secondary N) is 1. The van der Waals surface area contributed by atoms with Gasteiger partial charge in [0, 0.05) is 13.2 Å². The van der Waals surface area contributed by atoms with E-state index in [9.17, 15) is 0 Å². The Morgan fingerprint density at radius 3 is 2.71 bits per heavy atom. The van der Waals surface area contributed by atoms with E-state index in [0.29, 0.717) is 5.92 Å². The molecule has 1 aromatic carbocycles. The van der Waals surface area contributed by atoms with Crippen molar-refractivity contribution in [2.75, 3.05) is 13.7 Å². The Kier molecular flexibility index (Phi) is 5.83. The van der Waals surface area contributed by atoms with Crippen molar-refractivity contribution in [3.63, 3.8) is 0 Å². The number of rotatable bonds is 9. The Bertz CT molecular complexity index is 437. The zero-order valence-corrected chi connectivity index (χ0v) is 14.1. The summed E-state index contributed by atoms with van der Waals surface area (Å²) in [5, 5.41) is 3.71. The van der Waals surface area contributed by atoms with Crippen molar-refractivity contribution >= 4 is 0 Å². The van der Waals surface area contributed by atoms with Gasteiger partial charge in [-0.05, 0) is 70.9 Å². The van der Waals surface area contributed by atoms with Crippen molar-refractivity contribution in [3.8, 4) is 0 Å². The fourth-order valence-electron chi connectivity index (χ4n) is 2.72. The van der Waals surface area contributed by atoms with Crippen LogP contribution in [0.15, 0.2) is 24.3 Å². The van der Waals surface area contributed by atoms with Crippen LogP contribution in [0.2, 0.25) is 0 Å². The van der Waals surface area contributed by atoms with Crippen LogP contribution >= 0.6 is 0 Å². The fraction of sp³-hybridized carbons (Fsp3) is 0.684. The number of methoxy groups -OCH3 is 1. The molecule has 1 saturated carbocycles. The lowest BCUT2D eigenvalue weighted by Gasteiger charge is -2.26. The lowest BCUT2D eigenvalue weighted by Crippen LogP contribution is -2.29. The Labute approximate surface area is 130 Å². The molecule has 0 amide bonds. The van der Waals surface area contributed by atoms with Gasteiger partial charge in [0.25, 0.3) is 0 Å². The minimum atomic E-state index is -0.00949. The minimum absolute atomic E-state index is 0.00949. The molecule has 1 unspecified atom stereocenters. The summed E-state index contributed by atoms with van der Waals surface area (Å²) in [6.07, 6.45) is 6.23. The van der Waals surface area contributed by atoms with E-state index < -0.39 is 0 Å². The van der Waals surface area contributed by atoms with Crippen LogP contribution in [0.3, 0.4) is 0 Å². The molecule has 118 valence electrons. The summed E-state index contributed by atoms with van der Waals surface area (Å²) in [5.74, 6) is 0.696. The molecule has 2 rings (SSSR count). The second kappa shape index (κ2) is 7.42. The zero-order chi connectivity index (χ0) is 15.3. The summed E-state index contributed by atoms with van der Waals surface area (Å²) in [4.78, 5) is 0. The third kappa shape index (κ3) is 6.19. The quantitative estimate of drug-likeness (QED) is 0.738. The van der Waals surface area contributed by atoms with Crippen molar-refractivity contribution in [1.82, 2.24) is 5.32 Å². The molecule has 1 aliphatic rings. The van der Waals surface area contributed by atoms with E-state index in [-0.39, 0.29) is 5.60 Å². The first-order valence-corrected chi connectivity index (χ1v) is 8.32. The Morgan fingerprint density at radius 2 is 2.10 bits per heavy atom. The summed E-state index contributed by atoms with van der Waals surface area (Å²) in [7, 11) is 1.82. The average Bonchev–Trinajstić information content (AvgIpc) is 3.26. The van der Waals surface area contributed by atoms with Crippen molar-refractivity contribution < 1.29 is 4.74 Å². The standard InChI is InChI=1S/C19H31NO/c1-15-6-5-7-16(12-15)13-17(14-20-18-8-9-18)10-11-19(2,3)21-4/h5-7,12,17-18,20H,8-11,13-14H2,1-4H3. The maximum Gasteiger partial charge on any atom is 0.0622 e. The average molecular weight is 289 g/mol. The van der Waals surface area contributed by atoms with Gasteiger partial charge in [-0.25, -0.2) is 0 Å². The highest BCUT2D eigenvalue weighted by molar-refractivity contribution is 5.22. The predicted octanol–water partition coefficient (Wildman–Crippen LogP) is 4.11. The van der Waals surface area contributed by atoms with E-state index in [1.165, 1.54) is 36.8 Å². The van der Waals surface area contributed by atoms with Gasteiger partial charge < -0.3 is 10.1 Å². The highest BCUT2D eigenvalue weighted by atomic mass is 16.5. The molecule has 1 atom stereocenters. The summed E-state index contributed by atoms with van der Waals surface area (Å²) < 4.78 is 5.57. The highest BCUT2D eigenvalue weighted by Crippen LogP contribution is 2.24. The van der Waals surface area contributed by atoms with Gasteiger partial charge in [0.05, 0.1) is 5.60 Å². The van der Waals surface area contributed by atoms with Crippen LogP contribution in [0, 0.1) is 12.8 Å². The van der Waals surface area contributed by atoms with Gasteiger partial charge in [-0.1, -0.05) is 29.8 Å². The summed E-state index contributed by atoms with van der Waals surface area (Å²) >= 11 is 0. The second-order valence-electron chi connectivity index (χ2n) is 7.24. The van der Waals surface area contributed by atoms with Gasteiger partial charge in [-0.3, -0.25) is 0 Å². The number of ether oxygens (including phenoxy) is 1. The molecule has 0 spiro atoms. The first-order chi connectivity index (χ1) is 9.98. The molecule has 0 bridgehead atoms. The van der Waals surface area contributed by atoms with E-state index in [2.05, 4.69) is 50.4 Å². The van der Waals surface area contributed by atoms with Crippen LogP contribution in [0.4, 0.5) is 0 Å². The molecule has 1 aromatic rings. The molecule has 0 saturated heterocycles. The Balaban J connectivity index is 1.90. The molecule has 1 N–H and O–H groups in total. The smallest absolute Gasteiger partial charge is 0.0622 e. The van der Waals surface area contributed by atoms with Gasteiger partial charge in [0.2, 0.25) is 0 Å². The van der Waals surface area contributed by atoms with Gasteiger partial charge in [0.15, 0.2) is 0 Å². The molecule has 2 heteroatoms. The van der Waals surface area contributed by atoms with E-state index in [1.54, 1.807) is 0 Å². The zero-order valence-electron chi connectivity index (χ0n) is 14.1. The minimum Gasteiger partial charge on any atom is -0.379 e. The van der Waals surface area contributed by atoms with Gasteiger partial charge in [-0.2, -0.15) is 0 Å². The number of benzene rings is 1. The Morgan fingerprint density at radius 1 is 1.33 bits per heavy atom. The van der Waals surface area contributed by atoms with Crippen LogP contribution in [0.5, 0.6) is 0 Å². The largest absolute Gasteiger partial charge is 0.379 e. The van der Waals surface area contributed by atoms with Crippen molar-refractivity contribution in [1.29, 1.82) is 0 Å². The van der Waals surface area contributed by atoms with Crippen molar-refractivity contribution in [2.45, 2.75) is 64.5 Å². The third-order valence-electron chi connectivity index (χ3n) is 4.59. The van der Waals surface area contributed by atoms with Crippen LogP contribution < -0.4 is 5.32 Å². The van der Waals surface area contributed by atoms with Crippen LogP contribution in [-0.4, -0.2) is 25.3 Å². The molecular weight excluding hydrogens is 258 g/mol. The van der Waals surface area contributed by atoms with Crippen LogP contribution in [0.25, 0.3) is 0 Å². The van der Waals surface area contributed by atoms with Crippen molar-refractivity contribution in [2.24, 2.45) is 5.92 Å². The summed E-state index contributed by atoms with van der Waals surface area (Å²) in [5.41, 5.74) is 2.82. The molecule has 1 aliphatic carbocycles. The molecular formula is C19H31NO. The van der Waals surface area contributed by atoms with E-state index in [0.717, 1.165) is 19.0 Å². The number of aryl methyl sites for hydroxylation is 1. The fourth-order valence-corrected chi connectivity index (χ4v) is 2.72. The van der Waals surface area contributed by atoms with Crippen LogP contribution in [-0.2, 0) is 11.2 Å². The molecule has 0 aromatic heterocycles. The molecule has 0 heterocycles. The maximum atomic E-state index is 5.57. The third-order valence-corrected chi connectivity index (χ3v) is 4.59. The van der Waals surface area contributed by atoms with Gasteiger partial charge >= 0.3 is 0 Å². The predicted molar refractivity (Wildman–Crippen MR) is 89.7 cm³/mol. The van der Waals surface area contributed by atoms with E-state index in [1.807, 2.05) is 7.11 Å². The molecule has 0 aliphatic heterocycles. The topological polar surface area (TPSA) is 21.3 Å². The summed E-state index contributed by atoms with van der Waals surface area (Å²) in [6, 6.07) is 9.73. The van der Waals surface area contributed by atoms with E-state index >= 15 is 0 Å². The first kappa shape index (κ1) is 16.5. The van der Waals surface area contributed by atoms with Gasteiger partial charge in [-0.15, -0.1) is 0 Å². The summed E-state index contributed by atoms with van der Waals surface area (Å²) in [6.45, 7) is 7.68. The molecule has 2 nitrogen and oxygen atoms in total. The van der Waals surface area contributed by atoms with Gasteiger partial charge in [0.1, 0.15) is 0 Å². The Hall–Kier alpha value is -0.860. The number of hydrogen-bond acceptors (Lipinski definition) is 2. The monoisotopic (exact) mass is 289 g/mol. The van der Waals surface area contributed by atoms with E-state index in [4.69, 9.17) is 4.74 Å². The SMILES string of the molecule is COC(C)(C)CCC(CNC1CC1)Cc1cccc(C)c1. The molecule has 0 radical (unpaired) electrons. The first-order valence-electron chi connectivity index (χ1n) is 8.32.